The highest BCUT2D eigenvalue weighted by Crippen LogP contribution is 2.36. The molecule has 0 aromatic rings. The van der Waals surface area contributed by atoms with Gasteiger partial charge in [-0.3, -0.25) is 0 Å². The molecule has 2 nitrogen and oxygen atoms in total. The van der Waals surface area contributed by atoms with Crippen molar-refractivity contribution in [1.82, 2.24) is 5.32 Å². The Morgan fingerprint density at radius 1 is 1.11 bits per heavy atom. The summed E-state index contributed by atoms with van der Waals surface area (Å²) >= 11 is 0. The molecule has 1 N–H and O–H groups in total. The highest BCUT2D eigenvalue weighted by atomic mass is 16.5. The molecule has 1 aliphatic carbocycles. The van der Waals surface area contributed by atoms with Gasteiger partial charge >= 0.3 is 0 Å². The van der Waals surface area contributed by atoms with Gasteiger partial charge in [0.2, 0.25) is 0 Å². The molecule has 0 aliphatic heterocycles. The monoisotopic (exact) mass is 269 g/mol. The summed E-state index contributed by atoms with van der Waals surface area (Å²) in [5, 5.41) is 3.49. The Kier molecular flexibility index (Phi) is 8.01. The minimum Gasteiger partial charge on any atom is -0.377 e. The van der Waals surface area contributed by atoms with E-state index in [2.05, 4.69) is 33.1 Å². The first-order chi connectivity index (χ1) is 9.11. The normalized spacial score (nSPS) is 26.5. The Balaban J connectivity index is 2.17. The van der Waals surface area contributed by atoms with Crippen molar-refractivity contribution in [2.24, 2.45) is 5.41 Å². The van der Waals surface area contributed by atoms with E-state index in [9.17, 15) is 0 Å². The Labute approximate surface area is 120 Å². The minimum atomic E-state index is 0.374. The van der Waals surface area contributed by atoms with Gasteiger partial charge in [-0.15, -0.1) is 0 Å². The van der Waals surface area contributed by atoms with Gasteiger partial charge in [-0.25, -0.2) is 0 Å². The van der Waals surface area contributed by atoms with E-state index in [1.54, 1.807) is 0 Å². The summed E-state index contributed by atoms with van der Waals surface area (Å²) in [7, 11) is 2.08. The van der Waals surface area contributed by atoms with Crippen molar-refractivity contribution < 1.29 is 4.74 Å². The van der Waals surface area contributed by atoms with Crippen molar-refractivity contribution >= 4 is 0 Å². The summed E-state index contributed by atoms with van der Waals surface area (Å²) in [6.07, 6.45) is 12.3. The topological polar surface area (TPSA) is 21.3 Å². The van der Waals surface area contributed by atoms with Crippen molar-refractivity contribution in [2.75, 3.05) is 13.7 Å². The van der Waals surface area contributed by atoms with Gasteiger partial charge in [-0.1, -0.05) is 59.3 Å². The molecular formula is C17H35NO. The average molecular weight is 269 g/mol. The smallest absolute Gasteiger partial charge is 0.0733 e. The Morgan fingerprint density at radius 3 is 2.47 bits per heavy atom. The van der Waals surface area contributed by atoms with Gasteiger partial charge < -0.3 is 10.1 Å². The summed E-state index contributed by atoms with van der Waals surface area (Å²) in [4.78, 5) is 0. The quantitative estimate of drug-likeness (QED) is 0.621. The van der Waals surface area contributed by atoms with Gasteiger partial charge in [0.05, 0.1) is 6.10 Å². The fourth-order valence-electron chi connectivity index (χ4n) is 3.46. The first-order valence-electron chi connectivity index (χ1n) is 8.40. The van der Waals surface area contributed by atoms with E-state index in [0.717, 1.165) is 6.61 Å². The van der Waals surface area contributed by atoms with Crippen LogP contribution in [-0.2, 0) is 4.74 Å². The van der Waals surface area contributed by atoms with Gasteiger partial charge in [0.25, 0.3) is 0 Å². The van der Waals surface area contributed by atoms with Crippen molar-refractivity contribution in [3.63, 3.8) is 0 Å². The molecule has 0 heterocycles. The van der Waals surface area contributed by atoms with Crippen LogP contribution in [0.4, 0.5) is 0 Å². The maximum atomic E-state index is 6.17. The molecule has 2 atom stereocenters. The molecule has 0 spiro atoms. The Bertz CT molecular complexity index is 227. The number of rotatable bonds is 9. The Morgan fingerprint density at radius 2 is 1.79 bits per heavy atom. The summed E-state index contributed by atoms with van der Waals surface area (Å²) < 4.78 is 6.17. The van der Waals surface area contributed by atoms with E-state index in [1.807, 2.05) is 0 Å². The van der Waals surface area contributed by atoms with Gasteiger partial charge in [0.1, 0.15) is 0 Å². The predicted octanol–water partition coefficient (Wildman–Crippen LogP) is 4.53. The number of hydrogen-bond acceptors (Lipinski definition) is 2. The number of likely N-dealkylation sites (N-methyl/N-ethyl adjacent to an activating group) is 1. The van der Waals surface area contributed by atoms with Gasteiger partial charge in [-0.2, -0.15) is 0 Å². The zero-order valence-corrected chi connectivity index (χ0v) is 13.6. The Hall–Kier alpha value is -0.0800. The van der Waals surface area contributed by atoms with Crippen LogP contribution in [0.1, 0.15) is 78.6 Å². The van der Waals surface area contributed by atoms with Crippen molar-refractivity contribution in [1.29, 1.82) is 0 Å². The largest absolute Gasteiger partial charge is 0.377 e. The van der Waals surface area contributed by atoms with Crippen LogP contribution in [0.15, 0.2) is 0 Å². The molecule has 0 aromatic heterocycles. The summed E-state index contributed by atoms with van der Waals surface area (Å²) in [6.45, 7) is 7.96. The molecule has 19 heavy (non-hydrogen) atoms. The predicted molar refractivity (Wildman–Crippen MR) is 83.6 cm³/mol. The molecule has 114 valence electrons. The third kappa shape index (κ3) is 5.83. The van der Waals surface area contributed by atoms with Gasteiger partial charge in [0.15, 0.2) is 0 Å². The second kappa shape index (κ2) is 8.97. The molecule has 1 aliphatic rings. The van der Waals surface area contributed by atoms with E-state index in [4.69, 9.17) is 4.74 Å². The third-order valence-electron chi connectivity index (χ3n) is 4.66. The van der Waals surface area contributed by atoms with Crippen LogP contribution in [0.3, 0.4) is 0 Å². The van der Waals surface area contributed by atoms with E-state index < -0.39 is 0 Å². The van der Waals surface area contributed by atoms with Crippen LogP contribution in [0, 0.1) is 5.41 Å². The zero-order chi connectivity index (χ0) is 14.1. The van der Waals surface area contributed by atoms with Crippen LogP contribution in [0.2, 0.25) is 0 Å². The maximum absolute atomic E-state index is 6.17. The first kappa shape index (κ1) is 17.0. The fourth-order valence-corrected chi connectivity index (χ4v) is 3.46. The standard InChI is InChI=1S/C17H35NO/c1-5-6-7-8-9-10-14-19-15-12-11-13-17(2,3)16(15)18-4/h15-16,18H,5-14H2,1-4H3. The molecular weight excluding hydrogens is 234 g/mol. The molecule has 1 saturated carbocycles. The van der Waals surface area contributed by atoms with Crippen LogP contribution < -0.4 is 5.32 Å². The van der Waals surface area contributed by atoms with Crippen molar-refractivity contribution in [2.45, 2.75) is 90.7 Å². The lowest BCUT2D eigenvalue weighted by Crippen LogP contribution is -2.52. The third-order valence-corrected chi connectivity index (χ3v) is 4.66. The fraction of sp³-hybridized carbons (Fsp3) is 1.00. The molecule has 2 heteroatoms. The van der Waals surface area contributed by atoms with Crippen LogP contribution >= 0.6 is 0 Å². The molecule has 0 radical (unpaired) electrons. The lowest BCUT2D eigenvalue weighted by molar-refractivity contribution is -0.0359. The summed E-state index contributed by atoms with van der Waals surface area (Å²) in [5.74, 6) is 0. The van der Waals surface area contributed by atoms with E-state index in [0.29, 0.717) is 17.6 Å². The van der Waals surface area contributed by atoms with E-state index >= 15 is 0 Å². The molecule has 0 amide bonds. The van der Waals surface area contributed by atoms with Crippen molar-refractivity contribution in [3.8, 4) is 0 Å². The van der Waals surface area contributed by atoms with Gasteiger partial charge in [-0.05, 0) is 31.7 Å². The molecule has 1 rings (SSSR count). The van der Waals surface area contributed by atoms with E-state index in [-0.39, 0.29) is 0 Å². The summed E-state index contributed by atoms with van der Waals surface area (Å²) in [5.41, 5.74) is 0.374. The van der Waals surface area contributed by atoms with Crippen molar-refractivity contribution in [3.05, 3.63) is 0 Å². The van der Waals surface area contributed by atoms with Crippen LogP contribution in [-0.4, -0.2) is 25.8 Å². The highest BCUT2D eigenvalue weighted by molar-refractivity contribution is 4.93. The lowest BCUT2D eigenvalue weighted by atomic mass is 9.72. The minimum absolute atomic E-state index is 0.374. The SMILES string of the molecule is CCCCCCCCOC1CCCC(C)(C)C1NC. The molecule has 0 saturated heterocycles. The van der Waals surface area contributed by atoms with Gasteiger partial charge in [0, 0.05) is 12.6 Å². The average Bonchev–Trinajstić information content (AvgIpc) is 2.37. The molecule has 1 fully saturated rings. The second-order valence-corrected chi connectivity index (χ2v) is 6.82. The lowest BCUT2D eigenvalue weighted by Gasteiger charge is -2.43. The number of nitrogens with one attached hydrogen (secondary N) is 1. The number of hydrogen-bond donors (Lipinski definition) is 1. The maximum Gasteiger partial charge on any atom is 0.0733 e. The van der Waals surface area contributed by atoms with E-state index in [1.165, 1.54) is 57.8 Å². The highest BCUT2D eigenvalue weighted by Gasteiger charge is 2.38. The van der Waals surface area contributed by atoms with Crippen LogP contribution in [0.5, 0.6) is 0 Å². The number of unbranched alkanes of at least 4 members (excludes halogenated alkanes) is 5. The zero-order valence-electron chi connectivity index (χ0n) is 13.6. The first-order valence-corrected chi connectivity index (χ1v) is 8.40. The molecule has 0 aromatic carbocycles. The molecule has 2 unspecified atom stereocenters. The van der Waals surface area contributed by atoms with Crippen LogP contribution in [0.25, 0.3) is 0 Å². The second-order valence-electron chi connectivity index (χ2n) is 6.82. The summed E-state index contributed by atoms with van der Waals surface area (Å²) in [6, 6.07) is 0.515. The molecule has 0 bridgehead atoms. The number of ether oxygens (including phenoxy) is 1.